The number of amides is 1. The van der Waals surface area contributed by atoms with E-state index in [0.717, 1.165) is 24.0 Å². The van der Waals surface area contributed by atoms with Crippen LogP contribution in [0.4, 0.5) is 13.2 Å². The largest absolute Gasteiger partial charge is 0.417 e. The van der Waals surface area contributed by atoms with Crippen molar-refractivity contribution in [2.75, 3.05) is 0 Å². The lowest BCUT2D eigenvalue weighted by Gasteiger charge is -2.12. The van der Waals surface area contributed by atoms with E-state index >= 15 is 0 Å². The monoisotopic (exact) mass is 307 g/mol. The topological polar surface area (TPSA) is 65.8 Å². The van der Waals surface area contributed by atoms with Crippen LogP contribution in [0.5, 0.6) is 0 Å². The Labute approximate surface area is 124 Å². The van der Waals surface area contributed by atoms with Gasteiger partial charge in [0.1, 0.15) is 5.84 Å². The lowest BCUT2D eigenvalue weighted by Crippen LogP contribution is -2.32. The number of benzene rings is 1. The van der Waals surface area contributed by atoms with Crippen LogP contribution < -0.4 is 5.32 Å². The zero-order valence-electron chi connectivity index (χ0n) is 11.5. The van der Waals surface area contributed by atoms with Gasteiger partial charge in [0, 0.05) is 18.0 Å². The third-order valence-corrected chi connectivity index (χ3v) is 2.92. The summed E-state index contributed by atoms with van der Waals surface area (Å²) in [5, 5.41) is 9.96. The van der Waals surface area contributed by atoms with Crippen LogP contribution in [-0.4, -0.2) is 16.7 Å². The van der Waals surface area contributed by atoms with E-state index in [1.54, 1.807) is 18.2 Å². The standard InChI is InChI=1S/C15H12F3N3O/c1-9-3-2-4-10(7-9)13(19)21-14(22)11-8-20-6-5-12(11)15(16,17)18/h2-8H,1H3,(H2,19,21,22). The number of aromatic nitrogens is 1. The van der Waals surface area contributed by atoms with Gasteiger partial charge in [0.2, 0.25) is 0 Å². The molecule has 0 spiro atoms. The van der Waals surface area contributed by atoms with Crippen LogP contribution in [0.25, 0.3) is 0 Å². The van der Waals surface area contributed by atoms with Crippen molar-refractivity contribution in [2.45, 2.75) is 13.1 Å². The van der Waals surface area contributed by atoms with Gasteiger partial charge in [-0.3, -0.25) is 15.2 Å². The number of halogens is 3. The molecule has 1 aromatic carbocycles. The Bertz CT molecular complexity index is 726. The Morgan fingerprint density at radius 3 is 2.64 bits per heavy atom. The van der Waals surface area contributed by atoms with E-state index in [1.807, 2.05) is 13.0 Å². The highest BCUT2D eigenvalue weighted by Gasteiger charge is 2.35. The number of rotatable bonds is 2. The lowest BCUT2D eigenvalue weighted by atomic mass is 10.1. The van der Waals surface area contributed by atoms with E-state index < -0.39 is 23.2 Å². The Hall–Kier alpha value is -2.70. The molecule has 0 radical (unpaired) electrons. The van der Waals surface area contributed by atoms with Crippen LogP contribution in [0.3, 0.4) is 0 Å². The van der Waals surface area contributed by atoms with Gasteiger partial charge < -0.3 is 5.32 Å². The molecule has 22 heavy (non-hydrogen) atoms. The summed E-state index contributed by atoms with van der Waals surface area (Å²) in [5.74, 6) is -1.29. The Kier molecular flexibility index (Phi) is 4.25. The third kappa shape index (κ3) is 3.49. The molecular formula is C15H12F3N3O. The number of nitrogens with one attached hydrogen (secondary N) is 2. The van der Waals surface area contributed by atoms with Crippen molar-refractivity contribution in [1.29, 1.82) is 5.41 Å². The van der Waals surface area contributed by atoms with Crippen LogP contribution in [0, 0.1) is 12.3 Å². The molecule has 0 aliphatic rings. The van der Waals surface area contributed by atoms with Crippen LogP contribution in [0.1, 0.15) is 27.0 Å². The molecule has 0 bridgehead atoms. The second kappa shape index (κ2) is 5.97. The Morgan fingerprint density at radius 1 is 1.27 bits per heavy atom. The predicted octanol–water partition coefficient (Wildman–Crippen LogP) is 3.16. The fourth-order valence-corrected chi connectivity index (χ4v) is 1.88. The van der Waals surface area contributed by atoms with Gasteiger partial charge >= 0.3 is 6.18 Å². The normalized spacial score (nSPS) is 11.1. The highest BCUT2D eigenvalue weighted by molar-refractivity contribution is 6.11. The van der Waals surface area contributed by atoms with Gasteiger partial charge in [-0.1, -0.05) is 23.8 Å². The summed E-state index contributed by atoms with van der Waals surface area (Å²) in [6.45, 7) is 1.81. The number of aryl methyl sites for hydroxylation is 1. The first-order valence-electron chi connectivity index (χ1n) is 6.27. The van der Waals surface area contributed by atoms with Crippen molar-refractivity contribution in [3.8, 4) is 0 Å². The summed E-state index contributed by atoms with van der Waals surface area (Å²) in [6.07, 6.45) is -2.87. The molecule has 0 aliphatic carbocycles. The fourth-order valence-electron chi connectivity index (χ4n) is 1.88. The predicted molar refractivity (Wildman–Crippen MR) is 74.7 cm³/mol. The van der Waals surface area contributed by atoms with Crippen molar-refractivity contribution in [3.05, 3.63) is 65.0 Å². The average Bonchev–Trinajstić information content (AvgIpc) is 2.46. The fraction of sp³-hybridized carbons (Fsp3) is 0.133. The molecule has 1 amide bonds. The van der Waals surface area contributed by atoms with Gasteiger partial charge in [-0.25, -0.2) is 0 Å². The Morgan fingerprint density at radius 2 is 2.00 bits per heavy atom. The molecule has 0 unspecified atom stereocenters. The maximum atomic E-state index is 12.9. The van der Waals surface area contributed by atoms with Crippen molar-refractivity contribution < 1.29 is 18.0 Å². The SMILES string of the molecule is Cc1cccc(C(=N)NC(=O)c2cnccc2C(F)(F)F)c1. The van der Waals surface area contributed by atoms with Gasteiger partial charge in [-0.15, -0.1) is 0 Å². The number of nitrogens with zero attached hydrogens (tertiary/aromatic N) is 1. The molecule has 0 saturated carbocycles. The summed E-state index contributed by atoms with van der Waals surface area (Å²) < 4.78 is 38.6. The highest BCUT2D eigenvalue weighted by Crippen LogP contribution is 2.31. The molecule has 7 heteroatoms. The minimum atomic E-state index is -4.67. The van der Waals surface area contributed by atoms with E-state index in [4.69, 9.17) is 5.41 Å². The molecule has 1 heterocycles. The number of alkyl halides is 3. The van der Waals surface area contributed by atoms with E-state index in [9.17, 15) is 18.0 Å². The van der Waals surface area contributed by atoms with Crippen molar-refractivity contribution in [1.82, 2.24) is 10.3 Å². The highest BCUT2D eigenvalue weighted by atomic mass is 19.4. The maximum absolute atomic E-state index is 12.9. The molecule has 2 rings (SSSR count). The van der Waals surface area contributed by atoms with Gasteiger partial charge in [-0.2, -0.15) is 13.2 Å². The minimum Gasteiger partial charge on any atom is -0.306 e. The van der Waals surface area contributed by atoms with Crippen LogP contribution >= 0.6 is 0 Å². The van der Waals surface area contributed by atoms with Crippen molar-refractivity contribution in [2.24, 2.45) is 0 Å². The molecule has 0 aliphatic heterocycles. The zero-order valence-corrected chi connectivity index (χ0v) is 11.5. The number of amidine groups is 1. The molecular weight excluding hydrogens is 295 g/mol. The molecule has 1 aromatic heterocycles. The average molecular weight is 307 g/mol. The number of carbonyl (C=O) groups is 1. The number of hydrogen-bond donors (Lipinski definition) is 2. The molecule has 2 N–H and O–H groups in total. The second-order valence-electron chi connectivity index (χ2n) is 4.62. The third-order valence-electron chi connectivity index (χ3n) is 2.92. The van der Waals surface area contributed by atoms with Gasteiger partial charge in [0.25, 0.3) is 5.91 Å². The number of pyridine rings is 1. The van der Waals surface area contributed by atoms with Gasteiger partial charge in [0.05, 0.1) is 11.1 Å². The van der Waals surface area contributed by atoms with Crippen LogP contribution in [0.2, 0.25) is 0 Å². The molecule has 0 fully saturated rings. The maximum Gasteiger partial charge on any atom is 0.417 e. The number of hydrogen-bond acceptors (Lipinski definition) is 3. The summed E-state index contributed by atoms with van der Waals surface area (Å²) in [4.78, 5) is 15.5. The summed E-state index contributed by atoms with van der Waals surface area (Å²) >= 11 is 0. The quantitative estimate of drug-likeness (QED) is 0.661. The smallest absolute Gasteiger partial charge is 0.306 e. The van der Waals surface area contributed by atoms with Crippen LogP contribution in [-0.2, 0) is 6.18 Å². The lowest BCUT2D eigenvalue weighted by molar-refractivity contribution is -0.138. The number of carbonyl (C=O) groups excluding carboxylic acids is 1. The molecule has 0 atom stereocenters. The first kappa shape index (κ1) is 15.7. The molecule has 114 valence electrons. The van der Waals surface area contributed by atoms with Crippen molar-refractivity contribution >= 4 is 11.7 Å². The van der Waals surface area contributed by atoms with E-state index in [1.165, 1.54) is 0 Å². The van der Waals surface area contributed by atoms with Crippen molar-refractivity contribution in [3.63, 3.8) is 0 Å². The van der Waals surface area contributed by atoms with E-state index in [0.29, 0.717) is 5.56 Å². The first-order chi connectivity index (χ1) is 10.3. The van der Waals surface area contributed by atoms with Gasteiger partial charge in [-0.05, 0) is 19.1 Å². The Balaban J connectivity index is 2.25. The molecule has 4 nitrogen and oxygen atoms in total. The summed E-state index contributed by atoms with van der Waals surface area (Å²) in [7, 11) is 0. The minimum absolute atomic E-state index is 0.273. The zero-order chi connectivity index (χ0) is 16.3. The van der Waals surface area contributed by atoms with E-state index in [2.05, 4.69) is 10.3 Å². The molecule has 0 saturated heterocycles. The summed E-state index contributed by atoms with van der Waals surface area (Å²) in [5.41, 5.74) is -0.427. The van der Waals surface area contributed by atoms with E-state index in [-0.39, 0.29) is 5.84 Å². The second-order valence-corrected chi connectivity index (χ2v) is 4.62. The van der Waals surface area contributed by atoms with Crippen LogP contribution in [0.15, 0.2) is 42.7 Å². The van der Waals surface area contributed by atoms with Gasteiger partial charge in [0.15, 0.2) is 0 Å². The molecule has 2 aromatic rings. The first-order valence-corrected chi connectivity index (χ1v) is 6.27. The summed E-state index contributed by atoms with van der Waals surface area (Å²) in [6, 6.07) is 7.46.